The van der Waals surface area contributed by atoms with E-state index >= 15 is 0 Å². The third-order valence-electron chi connectivity index (χ3n) is 3.06. The number of benzene rings is 1. The number of fused-ring (bicyclic) bond motifs is 1. The Morgan fingerprint density at radius 3 is 2.86 bits per heavy atom. The van der Waals surface area contributed by atoms with Crippen molar-refractivity contribution in [1.82, 2.24) is 0 Å². The second-order valence-corrected chi connectivity index (χ2v) is 7.32. The van der Waals surface area contributed by atoms with Crippen LogP contribution in [0.25, 0.3) is 0 Å². The number of nitrogens with zero attached hydrogens (tertiary/aromatic N) is 1. The second kappa shape index (κ2) is 5.05. The molecule has 0 fully saturated rings. The zero-order valence-electron chi connectivity index (χ0n) is 11.1. The maximum absolute atomic E-state index is 12.2. The number of sulfonamides is 1. The summed E-state index contributed by atoms with van der Waals surface area (Å²) in [7, 11) is -1.98. The number of amides is 1. The first-order valence-electron chi connectivity index (χ1n) is 6.07. The van der Waals surface area contributed by atoms with Gasteiger partial charge in [0.1, 0.15) is 9.96 Å². The van der Waals surface area contributed by atoms with E-state index in [0.717, 1.165) is 11.3 Å². The molecule has 1 aromatic heterocycles. The van der Waals surface area contributed by atoms with E-state index in [0.29, 0.717) is 17.1 Å². The predicted molar refractivity (Wildman–Crippen MR) is 80.5 cm³/mol. The largest absolute Gasteiger partial charge is 0.482 e. The second-order valence-electron chi connectivity index (χ2n) is 4.46. The van der Waals surface area contributed by atoms with Gasteiger partial charge in [0.15, 0.2) is 6.61 Å². The van der Waals surface area contributed by atoms with E-state index in [1.807, 2.05) is 0 Å². The van der Waals surface area contributed by atoms with Gasteiger partial charge in [-0.15, -0.1) is 11.3 Å². The molecule has 0 unspecified atom stereocenters. The molecule has 0 saturated heterocycles. The number of hydrogen-bond acceptors (Lipinski definition) is 5. The van der Waals surface area contributed by atoms with Crippen LogP contribution in [-0.4, -0.2) is 28.0 Å². The Balaban J connectivity index is 1.93. The predicted octanol–water partition coefficient (Wildman–Crippen LogP) is 1.90. The van der Waals surface area contributed by atoms with Crippen molar-refractivity contribution in [2.45, 2.75) is 4.21 Å². The molecule has 0 bridgehead atoms. The molecule has 6 nitrogen and oxygen atoms in total. The maximum atomic E-state index is 12.2. The van der Waals surface area contributed by atoms with Gasteiger partial charge < -0.3 is 9.64 Å². The van der Waals surface area contributed by atoms with Gasteiger partial charge in [0, 0.05) is 7.05 Å². The molecule has 2 heterocycles. The number of ether oxygens (including phenoxy) is 1. The summed E-state index contributed by atoms with van der Waals surface area (Å²) in [6, 6.07) is 8.03. The molecule has 0 radical (unpaired) electrons. The molecule has 1 N–H and O–H groups in total. The van der Waals surface area contributed by atoms with Crippen LogP contribution in [0.3, 0.4) is 0 Å². The fraction of sp³-hybridized carbons (Fsp3) is 0.154. The van der Waals surface area contributed by atoms with E-state index in [2.05, 4.69) is 4.72 Å². The van der Waals surface area contributed by atoms with E-state index in [4.69, 9.17) is 4.74 Å². The molecular weight excluding hydrogens is 312 g/mol. The quantitative estimate of drug-likeness (QED) is 0.936. The van der Waals surface area contributed by atoms with Crippen LogP contribution in [0.4, 0.5) is 11.4 Å². The summed E-state index contributed by atoms with van der Waals surface area (Å²) < 4.78 is 32.4. The average molecular weight is 324 g/mol. The van der Waals surface area contributed by atoms with Gasteiger partial charge >= 0.3 is 0 Å². The minimum absolute atomic E-state index is 0.0101. The lowest BCUT2D eigenvalue weighted by Crippen LogP contribution is -2.35. The Bertz CT molecular complexity index is 785. The molecule has 1 aromatic carbocycles. The Kier molecular flexibility index (Phi) is 3.34. The highest BCUT2D eigenvalue weighted by Gasteiger charge is 2.23. The lowest BCUT2D eigenvalue weighted by atomic mass is 10.2. The Morgan fingerprint density at radius 2 is 2.14 bits per heavy atom. The lowest BCUT2D eigenvalue weighted by Gasteiger charge is -2.26. The molecule has 0 aliphatic carbocycles. The number of hydrogen-bond donors (Lipinski definition) is 1. The number of rotatable bonds is 3. The maximum Gasteiger partial charge on any atom is 0.271 e. The van der Waals surface area contributed by atoms with Crippen molar-refractivity contribution >= 4 is 38.6 Å². The van der Waals surface area contributed by atoms with Crippen molar-refractivity contribution in [2.24, 2.45) is 0 Å². The SMILES string of the molecule is CN1C(=O)COc2ccc(NS(=O)(=O)c3cccs3)cc21. The summed E-state index contributed by atoms with van der Waals surface area (Å²) in [6.07, 6.45) is 0. The number of anilines is 2. The zero-order chi connectivity index (χ0) is 15.0. The van der Waals surface area contributed by atoms with Crippen molar-refractivity contribution < 1.29 is 17.9 Å². The van der Waals surface area contributed by atoms with Gasteiger partial charge in [0.2, 0.25) is 0 Å². The summed E-state index contributed by atoms with van der Waals surface area (Å²) >= 11 is 1.14. The molecule has 110 valence electrons. The number of nitrogens with one attached hydrogen (secondary N) is 1. The minimum atomic E-state index is -3.60. The molecule has 21 heavy (non-hydrogen) atoms. The fourth-order valence-electron chi connectivity index (χ4n) is 1.96. The molecule has 2 aromatic rings. The van der Waals surface area contributed by atoms with Crippen LogP contribution in [0.5, 0.6) is 5.75 Å². The monoisotopic (exact) mass is 324 g/mol. The topological polar surface area (TPSA) is 75.7 Å². The highest BCUT2D eigenvalue weighted by atomic mass is 32.2. The van der Waals surface area contributed by atoms with E-state index < -0.39 is 10.0 Å². The molecule has 1 aliphatic rings. The molecule has 8 heteroatoms. The number of thiophene rings is 1. The summed E-state index contributed by atoms with van der Waals surface area (Å²) in [4.78, 5) is 13.1. The van der Waals surface area contributed by atoms with Gasteiger partial charge in [0.05, 0.1) is 11.4 Å². The first kappa shape index (κ1) is 13.9. The van der Waals surface area contributed by atoms with Crippen molar-refractivity contribution in [1.29, 1.82) is 0 Å². The molecule has 1 aliphatic heterocycles. The van der Waals surface area contributed by atoms with E-state index in [1.165, 1.54) is 11.0 Å². The van der Waals surface area contributed by atoms with Crippen molar-refractivity contribution in [3.05, 3.63) is 35.7 Å². The fourth-order valence-corrected chi connectivity index (χ4v) is 4.00. The molecule has 0 spiro atoms. The number of carbonyl (C=O) groups is 1. The smallest absolute Gasteiger partial charge is 0.271 e. The Labute approximate surface area is 126 Å². The van der Waals surface area contributed by atoms with Gasteiger partial charge in [0.25, 0.3) is 15.9 Å². The van der Waals surface area contributed by atoms with Crippen LogP contribution in [0, 0.1) is 0 Å². The van der Waals surface area contributed by atoms with Crippen molar-refractivity contribution in [2.75, 3.05) is 23.3 Å². The molecule has 0 atom stereocenters. The van der Waals surface area contributed by atoms with E-state index in [1.54, 1.807) is 36.7 Å². The van der Waals surface area contributed by atoms with E-state index in [-0.39, 0.29) is 16.7 Å². The van der Waals surface area contributed by atoms with Crippen LogP contribution in [0.15, 0.2) is 39.9 Å². The van der Waals surface area contributed by atoms with Crippen LogP contribution in [-0.2, 0) is 14.8 Å². The first-order chi connectivity index (χ1) is 9.97. The summed E-state index contributed by atoms with van der Waals surface area (Å²) in [6.45, 7) is -0.0101. The van der Waals surface area contributed by atoms with Gasteiger partial charge in [-0.2, -0.15) is 0 Å². The van der Waals surface area contributed by atoms with Crippen LogP contribution in [0.2, 0.25) is 0 Å². The summed E-state index contributed by atoms with van der Waals surface area (Å²) in [5.41, 5.74) is 0.921. The standard InChI is InChI=1S/C13H12N2O4S2/c1-15-10-7-9(4-5-11(10)19-8-12(15)16)14-21(17,18)13-3-2-6-20-13/h2-7,14H,8H2,1H3. The van der Waals surface area contributed by atoms with Gasteiger partial charge in [-0.25, -0.2) is 8.42 Å². The number of likely N-dealkylation sites (N-methyl/N-ethyl adjacent to an activating group) is 1. The van der Waals surface area contributed by atoms with Gasteiger partial charge in [-0.05, 0) is 29.6 Å². The Morgan fingerprint density at radius 1 is 1.33 bits per heavy atom. The average Bonchev–Trinajstić information content (AvgIpc) is 2.98. The normalized spacial score (nSPS) is 14.5. The lowest BCUT2D eigenvalue weighted by molar-refractivity contribution is -0.120. The molecular formula is C13H12N2O4S2. The third kappa shape index (κ3) is 2.59. The molecule has 0 saturated carbocycles. The first-order valence-corrected chi connectivity index (χ1v) is 8.43. The van der Waals surface area contributed by atoms with Crippen LogP contribution < -0.4 is 14.4 Å². The molecule has 3 rings (SSSR count). The zero-order valence-corrected chi connectivity index (χ0v) is 12.7. The van der Waals surface area contributed by atoms with E-state index in [9.17, 15) is 13.2 Å². The highest BCUT2D eigenvalue weighted by Crippen LogP contribution is 2.34. The van der Waals surface area contributed by atoms with Crippen molar-refractivity contribution in [3.63, 3.8) is 0 Å². The van der Waals surface area contributed by atoms with Crippen LogP contribution in [0.1, 0.15) is 0 Å². The minimum Gasteiger partial charge on any atom is -0.482 e. The van der Waals surface area contributed by atoms with Crippen molar-refractivity contribution in [3.8, 4) is 5.75 Å². The Hall–Kier alpha value is -2.06. The number of carbonyl (C=O) groups excluding carboxylic acids is 1. The summed E-state index contributed by atoms with van der Waals surface area (Å²) in [5.74, 6) is 0.372. The molecule has 1 amide bonds. The summed E-state index contributed by atoms with van der Waals surface area (Å²) in [5, 5.41) is 1.70. The van der Waals surface area contributed by atoms with Gasteiger partial charge in [-0.1, -0.05) is 6.07 Å². The highest BCUT2D eigenvalue weighted by molar-refractivity contribution is 7.94. The van der Waals surface area contributed by atoms with Crippen LogP contribution >= 0.6 is 11.3 Å². The third-order valence-corrected chi connectivity index (χ3v) is 5.84. The van der Waals surface area contributed by atoms with Gasteiger partial charge in [-0.3, -0.25) is 9.52 Å².